The highest BCUT2D eigenvalue weighted by Gasteiger charge is 2.25. The molecule has 0 unspecified atom stereocenters. The van der Waals surface area contributed by atoms with Gasteiger partial charge in [-0.3, -0.25) is 4.40 Å². The van der Waals surface area contributed by atoms with Gasteiger partial charge in [0.1, 0.15) is 19.0 Å². The van der Waals surface area contributed by atoms with Crippen LogP contribution in [0.25, 0.3) is 5.65 Å². The Kier molecular flexibility index (Phi) is 3.81. The number of anilines is 2. The maximum absolute atomic E-state index is 12.4. The number of amides is 2. The summed E-state index contributed by atoms with van der Waals surface area (Å²) in [4.78, 5) is 12.4. The van der Waals surface area contributed by atoms with E-state index >= 15 is 0 Å². The molecule has 0 spiro atoms. The Morgan fingerprint density at radius 3 is 2.74 bits per heavy atom. The Morgan fingerprint density at radius 2 is 1.93 bits per heavy atom. The van der Waals surface area contributed by atoms with Crippen LogP contribution in [0, 0.1) is 0 Å². The number of nitrogens with one attached hydrogen (secondary N) is 2. The molecule has 1 aliphatic heterocycles. The summed E-state index contributed by atoms with van der Waals surface area (Å²) in [5.74, 6) is 2.74. The van der Waals surface area contributed by atoms with Crippen LogP contribution in [0.4, 0.5) is 16.2 Å². The summed E-state index contributed by atoms with van der Waals surface area (Å²) in [5, 5.41) is 14.3. The van der Waals surface area contributed by atoms with E-state index in [1.807, 2.05) is 22.7 Å². The van der Waals surface area contributed by atoms with E-state index in [2.05, 4.69) is 20.8 Å². The van der Waals surface area contributed by atoms with Crippen molar-refractivity contribution >= 4 is 23.1 Å². The summed E-state index contributed by atoms with van der Waals surface area (Å²) in [6, 6.07) is 8.66. The summed E-state index contributed by atoms with van der Waals surface area (Å²) in [5.41, 5.74) is 1.89. The molecule has 0 bridgehead atoms. The molecule has 0 saturated heterocycles. The van der Waals surface area contributed by atoms with Crippen molar-refractivity contribution in [1.29, 1.82) is 0 Å². The zero-order valence-corrected chi connectivity index (χ0v) is 14.6. The van der Waals surface area contributed by atoms with Crippen LogP contribution < -0.4 is 20.1 Å². The molecule has 8 nitrogen and oxygen atoms in total. The Hall–Kier alpha value is -3.29. The monoisotopic (exact) mass is 365 g/mol. The summed E-state index contributed by atoms with van der Waals surface area (Å²) < 4.78 is 13.0. The molecule has 3 aromatic rings. The number of fused-ring (bicyclic) bond motifs is 2. The number of rotatable bonds is 3. The molecule has 2 aliphatic rings. The molecular formula is C19H19N5O3. The van der Waals surface area contributed by atoms with E-state index in [1.165, 1.54) is 6.42 Å². The number of hydrogen-bond acceptors (Lipinski definition) is 5. The van der Waals surface area contributed by atoms with Gasteiger partial charge in [-0.25, -0.2) is 4.79 Å². The number of nitrogens with zero attached hydrogens (tertiary/aromatic N) is 3. The van der Waals surface area contributed by atoms with Crippen molar-refractivity contribution in [2.75, 3.05) is 23.8 Å². The molecule has 2 N–H and O–H groups in total. The number of benzene rings is 1. The van der Waals surface area contributed by atoms with Crippen molar-refractivity contribution in [2.45, 2.75) is 25.2 Å². The van der Waals surface area contributed by atoms with E-state index < -0.39 is 0 Å². The van der Waals surface area contributed by atoms with E-state index in [-0.39, 0.29) is 6.03 Å². The molecule has 1 aromatic carbocycles. The van der Waals surface area contributed by atoms with E-state index in [1.54, 1.807) is 18.2 Å². The number of aromatic nitrogens is 3. The number of ether oxygens (including phenoxy) is 2. The van der Waals surface area contributed by atoms with E-state index in [4.69, 9.17) is 9.47 Å². The van der Waals surface area contributed by atoms with Crippen LogP contribution in [0.3, 0.4) is 0 Å². The lowest BCUT2D eigenvalue weighted by Crippen LogP contribution is -2.20. The predicted molar refractivity (Wildman–Crippen MR) is 99.7 cm³/mol. The lowest BCUT2D eigenvalue weighted by Gasteiger charge is -2.23. The van der Waals surface area contributed by atoms with Crippen molar-refractivity contribution in [3.63, 3.8) is 0 Å². The second-order valence-electron chi connectivity index (χ2n) is 6.74. The Morgan fingerprint density at radius 1 is 1.07 bits per heavy atom. The third kappa shape index (κ3) is 2.92. The fraction of sp³-hybridized carbons (Fsp3) is 0.316. The van der Waals surface area contributed by atoms with Gasteiger partial charge in [-0.2, -0.15) is 0 Å². The number of pyridine rings is 1. The lowest BCUT2D eigenvalue weighted by molar-refractivity contribution is 0.171. The average molecular weight is 365 g/mol. The fourth-order valence-corrected chi connectivity index (χ4v) is 3.38. The van der Waals surface area contributed by atoms with E-state index in [0.29, 0.717) is 47.7 Å². The molecule has 27 heavy (non-hydrogen) atoms. The van der Waals surface area contributed by atoms with Gasteiger partial charge in [0.25, 0.3) is 0 Å². The van der Waals surface area contributed by atoms with E-state index in [9.17, 15) is 4.79 Å². The molecule has 0 atom stereocenters. The first-order chi connectivity index (χ1) is 13.3. The van der Waals surface area contributed by atoms with Crippen LogP contribution in [-0.4, -0.2) is 33.8 Å². The Labute approximate surface area is 155 Å². The van der Waals surface area contributed by atoms with Crippen molar-refractivity contribution in [1.82, 2.24) is 14.6 Å². The van der Waals surface area contributed by atoms with Gasteiger partial charge in [0.15, 0.2) is 17.1 Å². The van der Waals surface area contributed by atoms with Crippen molar-refractivity contribution < 1.29 is 14.3 Å². The standard InChI is InChI=1S/C19H19N5O3/c25-19(20-13-6-7-15-16(11-13)27-10-9-26-15)21-14-5-2-8-24-17(12-3-1-4-12)22-23-18(14)24/h2,5-8,11-12H,1,3-4,9-10H2,(H2,20,21,25). The maximum Gasteiger partial charge on any atom is 0.323 e. The highest BCUT2D eigenvalue weighted by Crippen LogP contribution is 2.36. The molecular weight excluding hydrogens is 346 g/mol. The molecule has 5 rings (SSSR count). The van der Waals surface area contributed by atoms with Gasteiger partial charge in [0, 0.05) is 23.9 Å². The lowest BCUT2D eigenvalue weighted by atomic mass is 9.85. The van der Waals surface area contributed by atoms with Crippen LogP contribution >= 0.6 is 0 Å². The van der Waals surface area contributed by atoms with Crippen LogP contribution in [0.1, 0.15) is 31.0 Å². The molecule has 138 valence electrons. The Balaban J connectivity index is 1.34. The molecule has 3 heterocycles. The zero-order valence-electron chi connectivity index (χ0n) is 14.6. The van der Waals surface area contributed by atoms with Gasteiger partial charge in [-0.05, 0) is 37.1 Å². The third-order valence-corrected chi connectivity index (χ3v) is 4.98. The molecule has 1 aliphatic carbocycles. The van der Waals surface area contributed by atoms with Gasteiger partial charge in [0.2, 0.25) is 0 Å². The quantitative estimate of drug-likeness (QED) is 0.742. The number of hydrogen-bond donors (Lipinski definition) is 2. The molecule has 0 radical (unpaired) electrons. The minimum atomic E-state index is -0.354. The van der Waals surface area contributed by atoms with Gasteiger partial charge >= 0.3 is 6.03 Å². The second-order valence-corrected chi connectivity index (χ2v) is 6.74. The van der Waals surface area contributed by atoms with Crippen molar-refractivity contribution in [3.05, 3.63) is 42.4 Å². The Bertz CT molecular complexity index is 1010. The molecule has 1 fully saturated rings. The largest absolute Gasteiger partial charge is 0.486 e. The number of urea groups is 1. The SMILES string of the molecule is O=C(Nc1ccc2c(c1)OCCO2)Nc1cccn2c(C3CCC3)nnc12. The van der Waals surface area contributed by atoms with Gasteiger partial charge in [0.05, 0.1) is 5.69 Å². The van der Waals surface area contributed by atoms with Crippen molar-refractivity contribution in [3.8, 4) is 11.5 Å². The smallest absolute Gasteiger partial charge is 0.323 e. The highest BCUT2D eigenvalue weighted by molar-refractivity contribution is 6.02. The van der Waals surface area contributed by atoms with Gasteiger partial charge in [-0.1, -0.05) is 6.42 Å². The van der Waals surface area contributed by atoms with Gasteiger partial charge in [-0.15, -0.1) is 10.2 Å². The first kappa shape index (κ1) is 15.9. The minimum Gasteiger partial charge on any atom is -0.486 e. The molecule has 2 aromatic heterocycles. The average Bonchev–Trinajstić information content (AvgIpc) is 3.05. The van der Waals surface area contributed by atoms with Crippen LogP contribution in [0.5, 0.6) is 11.5 Å². The number of carbonyl (C=O) groups excluding carboxylic acids is 1. The minimum absolute atomic E-state index is 0.354. The van der Waals surface area contributed by atoms with Crippen LogP contribution in [-0.2, 0) is 0 Å². The highest BCUT2D eigenvalue weighted by atomic mass is 16.6. The third-order valence-electron chi connectivity index (χ3n) is 4.98. The summed E-state index contributed by atoms with van der Waals surface area (Å²) in [7, 11) is 0. The first-order valence-electron chi connectivity index (χ1n) is 9.09. The summed E-state index contributed by atoms with van der Waals surface area (Å²) >= 11 is 0. The molecule has 2 amide bonds. The fourth-order valence-electron chi connectivity index (χ4n) is 3.38. The predicted octanol–water partition coefficient (Wildman–Crippen LogP) is 3.41. The zero-order chi connectivity index (χ0) is 18.2. The van der Waals surface area contributed by atoms with Gasteiger partial charge < -0.3 is 20.1 Å². The molecule has 1 saturated carbocycles. The number of carbonyl (C=O) groups is 1. The molecule has 8 heteroatoms. The van der Waals surface area contributed by atoms with E-state index in [0.717, 1.165) is 18.7 Å². The first-order valence-corrected chi connectivity index (χ1v) is 9.09. The maximum atomic E-state index is 12.4. The van der Waals surface area contributed by atoms with Crippen LogP contribution in [0.2, 0.25) is 0 Å². The van der Waals surface area contributed by atoms with Crippen LogP contribution in [0.15, 0.2) is 36.5 Å². The summed E-state index contributed by atoms with van der Waals surface area (Å²) in [6.07, 6.45) is 5.45. The second kappa shape index (κ2) is 6.46. The summed E-state index contributed by atoms with van der Waals surface area (Å²) in [6.45, 7) is 1.03. The topological polar surface area (TPSA) is 89.8 Å². The van der Waals surface area contributed by atoms with Crippen molar-refractivity contribution in [2.24, 2.45) is 0 Å². The normalized spacial score (nSPS) is 16.0.